The summed E-state index contributed by atoms with van der Waals surface area (Å²) >= 11 is 5.17. The van der Waals surface area contributed by atoms with E-state index >= 15 is 0 Å². The van der Waals surface area contributed by atoms with Gasteiger partial charge in [0.15, 0.2) is 6.07 Å². The zero-order chi connectivity index (χ0) is 22.5. The zero-order valence-electron chi connectivity index (χ0n) is 15.9. The van der Waals surface area contributed by atoms with Crippen LogP contribution in [0, 0.1) is 0 Å². The molecule has 0 aliphatic rings. The number of carbonyl (C=O) groups is 1. The fraction of sp³-hybridized carbons (Fsp3) is 0.0952. The maximum absolute atomic E-state index is 14.6. The van der Waals surface area contributed by atoms with Crippen LogP contribution in [-0.2, 0) is 23.3 Å². The average molecular weight is 487 g/mol. The Bertz CT molecular complexity index is 1030. The van der Waals surface area contributed by atoms with Crippen molar-refractivity contribution in [3.05, 3.63) is 91.0 Å². The molecule has 0 aliphatic heterocycles. The molecule has 5 nitrogen and oxygen atoms in total. The fourth-order valence-corrected chi connectivity index (χ4v) is 7.93. The predicted molar refractivity (Wildman–Crippen MR) is 113 cm³/mol. The van der Waals surface area contributed by atoms with Gasteiger partial charge >= 0.3 is 21.3 Å². The lowest BCUT2D eigenvalue weighted by molar-refractivity contribution is -0.159. The fourth-order valence-electron chi connectivity index (χ4n) is 2.78. The molecule has 0 bridgehead atoms. The summed E-state index contributed by atoms with van der Waals surface area (Å²) in [5.74, 6) is -2.31. The van der Waals surface area contributed by atoms with Gasteiger partial charge in [-0.2, -0.15) is 17.2 Å². The van der Waals surface area contributed by atoms with Crippen molar-refractivity contribution in [3.8, 4) is 0 Å². The monoisotopic (exact) mass is 486 g/mol. The molecular weight excluding hydrogens is 470 g/mol. The van der Waals surface area contributed by atoms with E-state index in [0.29, 0.717) is 14.7 Å². The van der Waals surface area contributed by atoms with Gasteiger partial charge in [0.05, 0.1) is 0 Å². The second kappa shape index (κ2) is 9.35. The molecule has 0 aliphatic carbocycles. The number of alkyl halides is 3. The molecule has 3 rings (SSSR count). The molecule has 0 aromatic heterocycles. The van der Waals surface area contributed by atoms with Gasteiger partial charge < -0.3 is 4.74 Å². The van der Waals surface area contributed by atoms with Gasteiger partial charge in [-0.3, -0.25) is 0 Å². The summed E-state index contributed by atoms with van der Waals surface area (Å²) in [7, 11) is -9.04. The molecule has 10 heteroatoms. The van der Waals surface area contributed by atoms with Gasteiger partial charge in [-0.15, -0.1) is 0 Å². The summed E-state index contributed by atoms with van der Waals surface area (Å²) in [6.07, 6.45) is 0. The first-order valence-corrected chi connectivity index (χ1v) is 12.3. The van der Waals surface area contributed by atoms with Crippen molar-refractivity contribution in [1.82, 2.24) is 0 Å². The molecule has 0 atom stereocenters. The molecule has 31 heavy (non-hydrogen) atoms. The van der Waals surface area contributed by atoms with E-state index in [2.05, 4.69) is 4.74 Å². The van der Waals surface area contributed by atoms with E-state index in [1.807, 2.05) is 0 Å². The van der Waals surface area contributed by atoms with Gasteiger partial charge in [-0.05, 0) is 46.7 Å². The molecule has 0 heterocycles. The lowest BCUT2D eigenvalue weighted by atomic mass is 10.4. The number of hydrogen-bond donors (Lipinski definition) is 0. The van der Waals surface area contributed by atoms with Crippen LogP contribution in [0.2, 0.25) is 0 Å². The maximum atomic E-state index is 14.6. The largest absolute Gasteiger partial charge is 0.466 e. The molecule has 0 amide bonds. The minimum absolute atomic E-state index is 0.345. The first-order chi connectivity index (χ1) is 14.8. The highest BCUT2D eigenvalue weighted by Gasteiger charge is 2.58. The number of rotatable bonds is 8. The third-order valence-corrected chi connectivity index (χ3v) is 9.40. The second-order valence-electron chi connectivity index (χ2n) is 6.08. The van der Waals surface area contributed by atoms with Crippen LogP contribution in [0.25, 0.3) is 0 Å². The third kappa shape index (κ3) is 4.45. The van der Waals surface area contributed by atoms with Crippen LogP contribution in [0.5, 0.6) is 0 Å². The summed E-state index contributed by atoms with van der Waals surface area (Å²) in [5.41, 5.74) is 0. The number of esters is 1. The highest BCUT2D eigenvalue weighted by molar-refractivity contribution is 8.33. The zero-order valence-corrected chi connectivity index (χ0v) is 18.2. The highest BCUT2D eigenvalue weighted by Crippen LogP contribution is 2.70. The van der Waals surface area contributed by atoms with Crippen molar-refractivity contribution in [3.63, 3.8) is 0 Å². The molecule has 0 radical (unpaired) electrons. The van der Waals surface area contributed by atoms with E-state index < -0.39 is 37.7 Å². The molecule has 0 saturated carbocycles. The van der Waals surface area contributed by atoms with Crippen molar-refractivity contribution < 1.29 is 30.4 Å². The quantitative estimate of drug-likeness (QED) is 0.308. The summed E-state index contributed by atoms with van der Waals surface area (Å²) in [6.45, 7) is 0. The standard InChI is InChI=1S/C21H17ClF2O5S2/c22-16-28-20(25)21(23,24)31(26,27)29-30(17-10-4-1-5-11-17,18-12-6-2-7-13-18)19-14-8-3-9-15-19/h1-15H,16H2. The Balaban J connectivity index is 2.30. The molecule has 3 aromatic carbocycles. The molecule has 0 spiro atoms. The van der Waals surface area contributed by atoms with E-state index in [1.165, 1.54) is 0 Å². The Morgan fingerprint density at radius 2 is 1.13 bits per heavy atom. The first kappa shape index (κ1) is 23.2. The minimum Gasteiger partial charge on any atom is -0.444 e. The first-order valence-electron chi connectivity index (χ1n) is 8.81. The number of hydrogen-bond acceptors (Lipinski definition) is 5. The minimum atomic E-state index is -5.81. The Labute approximate surface area is 185 Å². The molecule has 0 unspecified atom stereocenters. The van der Waals surface area contributed by atoms with Gasteiger partial charge in [-0.1, -0.05) is 66.2 Å². The van der Waals surface area contributed by atoms with Crippen LogP contribution in [0.1, 0.15) is 0 Å². The molecular formula is C21H17ClF2O5S2. The number of carbonyl (C=O) groups excluding carboxylic acids is 1. The lowest BCUT2D eigenvalue weighted by Crippen LogP contribution is -2.40. The van der Waals surface area contributed by atoms with E-state index in [0.717, 1.165) is 0 Å². The van der Waals surface area contributed by atoms with Crippen LogP contribution >= 0.6 is 21.9 Å². The highest BCUT2D eigenvalue weighted by atomic mass is 35.5. The average Bonchev–Trinajstić information content (AvgIpc) is 2.79. The van der Waals surface area contributed by atoms with E-state index in [4.69, 9.17) is 15.2 Å². The Morgan fingerprint density at radius 3 is 1.45 bits per heavy atom. The number of halogens is 3. The van der Waals surface area contributed by atoms with Gasteiger partial charge in [0.25, 0.3) is 0 Å². The van der Waals surface area contributed by atoms with Crippen molar-refractivity contribution in [2.24, 2.45) is 0 Å². The molecule has 3 aromatic rings. The Morgan fingerprint density at radius 1 is 0.774 bits per heavy atom. The number of ether oxygens (including phenoxy) is 1. The van der Waals surface area contributed by atoms with Crippen LogP contribution in [0.4, 0.5) is 8.78 Å². The summed E-state index contributed by atoms with van der Waals surface area (Å²) < 4.78 is 64.3. The number of benzene rings is 3. The van der Waals surface area contributed by atoms with Gasteiger partial charge in [0.1, 0.15) is 0 Å². The SMILES string of the molecule is O=C(OCCl)C(F)(F)S(=O)(=O)OS(c1ccccc1)(c1ccccc1)c1ccccc1. The Kier molecular flexibility index (Phi) is 7.00. The topological polar surface area (TPSA) is 69.7 Å². The van der Waals surface area contributed by atoms with E-state index in [-0.39, 0.29) is 0 Å². The smallest absolute Gasteiger partial charge is 0.444 e. The molecule has 0 saturated heterocycles. The van der Waals surface area contributed by atoms with Crippen molar-refractivity contribution in [2.75, 3.05) is 6.07 Å². The van der Waals surface area contributed by atoms with Gasteiger partial charge in [0, 0.05) is 14.7 Å². The molecule has 0 N–H and O–H groups in total. The summed E-state index contributed by atoms with van der Waals surface area (Å²) in [5, 5.41) is -4.97. The maximum Gasteiger partial charge on any atom is 0.466 e. The van der Waals surface area contributed by atoms with Gasteiger partial charge in [0.2, 0.25) is 0 Å². The predicted octanol–water partition coefficient (Wildman–Crippen LogP) is 5.56. The van der Waals surface area contributed by atoms with Crippen LogP contribution in [-0.4, -0.2) is 25.7 Å². The Hall–Kier alpha value is -2.46. The summed E-state index contributed by atoms with van der Waals surface area (Å²) in [4.78, 5) is 12.7. The molecule has 0 fully saturated rings. The normalized spacial score (nSPS) is 12.9. The van der Waals surface area contributed by atoms with Crippen LogP contribution < -0.4 is 0 Å². The molecule has 164 valence electrons. The third-order valence-electron chi connectivity index (χ3n) is 4.15. The summed E-state index contributed by atoms with van der Waals surface area (Å²) in [6, 6.07) is 23.5. The van der Waals surface area contributed by atoms with Gasteiger partial charge in [-0.25, -0.2) is 8.42 Å². The van der Waals surface area contributed by atoms with E-state index in [9.17, 15) is 22.0 Å². The van der Waals surface area contributed by atoms with Crippen molar-refractivity contribution in [2.45, 2.75) is 19.9 Å². The van der Waals surface area contributed by atoms with Crippen molar-refractivity contribution in [1.29, 1.82) is 0 Å². The van der Waals surface area contributed by atoms with E-state index in [1.54, 1.807) is 91.0 Å². The lowest BCUT2D eigenvalue weighted by Gasteiger charge is -2.39. The van der Waals surface area contributed by atoms with Crippen LogP contribution in [0.3, 0.4) is 0 Å². The van der Waals surface area contributed by atoms with Crippen molar-refractivity contribution >= 4 is 38.0 Å². The van der Waals surface area contributed by atoms with Crippen LogP contribution in [0.15, 0.2) is 106 Å². The second-order valence-corrected chi connectivity index (χ2v) is 10.8.